The fourth-order valence-corrected chi connectivity index (χ4v) is 2.28. The highest BCUT2D eigenvalue weighted by Crippen LogP contribution is 2.20. The average molecular weight is 208 g/mol. The molecule has 0 radical (unpaired) electrons. The van der Waals surface area contributed by atoms with Gasteiger partial charge in [-0.3, -0.25) is 0 Å². The van der Waals surface area contributed by atoms with E-state index in [1.54, 1.807) is 0 Å². The van der Waals surface area contributed by atoms with Gasteiger partial charge in [-0.25, -0.2) is 0 Å². The normalized spacial score (nSPS) is 11.1. The van der Waals surface area contributed by atoms with Gasteiger partial charge >= 0.3 is 0 Å². The Balaban J connectivity index is 2.56. The SMILES string of the molecule is Cc1ccc2c[n+]3ccccc3c(C)c2c1. The molecule has 16 heavy (non-hydrogen) atoms. The molecule has 0 aliphatic rings. The van der Waals surface area contributed by atoms with Crippen molar-refractivity contribution >= 4 is 16.3 Å². The van der Waals surface area contributed by atoms with Crippen LogP contribution in [-0.2, 0) is 0 Å². The Morgan fingerprint density at radius 2 is 1.88 bits per heavy atom. The third-order valence-corrected chi connectivity index (χ3v) is 3.17. The van der Waals surface area contributed by atoms with Gasteiger partial charge in [-0.2, -0.15) is 4.40 Å². The topological polar surface area (TPSA) is 4.10 Å². The van der Waals surface area contributed by atoms with E-state index in [2.05, 4.69) is 67.0 Å². The number of aryl methyl sites for hydroxylation is 2. The number of fused-ring (bicyclic) bond motifs is 2. The van der Waals surface area contributed by atoms with Crippen molar-refractivity contribution in [1.29, 1.82) is 0 Å². The van der Waals surface area contributed by atoms with Crippen molar-refractivity contribution in [2.45, 2.75) is 13.8 Å². The molecule has 0 bridgehead atoms. The summed E-state index contributed by atoms with van der Waals surface area (Å²) < 4.78 is 2.19. The van der Waals surface area contributed by atoms with Crippen molar-refractivity contribution in [2.75, 3.05) is 0 Å². The lowest BCUT2D eigenvalue weighted by molar-refractivity contribution is -0.510. The Morgan fingerprint density at radius 3 is 2.75 bits per heavy atom. The van der Waals surface area contributed by atoms with Gasteiger partial charge in [-0.1, -0.05) is 17.7 Å². The minimum absolute atomic E-state index is 1.28. The summed E-state index contributed by atoms with van der Waals surface area (Å²) in [6.07, 6.45) is 4.29. The number of aromatic nitrogens is 1. The molecule has 0 amide bonds. The molecule has 3 aromatic rings. The van der Waals surface area contributed by atoms with E-state index in [0.717, 1.165) is 0 Å². The molecule has 0 unspecified atom stereocenters. The van der Waals surface area contributed by atoms with E-state index in [1.165, 1.54) is 27.4 Å². The maximum absolute atomic E-state index is 2.26. The van der Waals surface area contributed by atoms with Gasteiger partial charge in [-0.05, 0) is 31.4 Å². The zero-order chi connectivity index (χ0) is 11.1. The number of pyridine rings is 2. The summed E-state index contributed by atoms with van der Waals surface area (Å²) in [6.45, 7) is 4.33. The minimum atomic E-state index is 1.28. The van der Waals surface area contributed by atoms with Crippen molar-refractivity contribution in [3.8, 4) is 0 Å². The monoisotopic (exact) mass is 208 g/mol. The first-order valence-electron chi connectivity index (χ1n) is 5.56. The van der Waals surface area contributed by atoms with Crippen LogP contribution in [0, 0.1) is 13.8 Å². The highest BCUT2D eigenvalue weighted by atomic mass is 14.8. The van der Waals surface area contributed by atoms with Gasteiger partial charge < -0.3 is 0 Å². The van der Waals surface area contributed by atoms with Crippen LogP contribution in [0.4, 0.5) is 0 Å². The molecule has 0 saturated heterocycles. The van der Waals surface area contributed by atoms with Crippen LogP contribution in [0.25, 0.3) is 16.3 Å². The number of hydrogen-bond acceptors (Lipinski definition) is 0. The lowest BCUT2D eigenvalue weighted by atomic mass is 10.0. The van der Waals surface area contributed by atoms with Crippen molar-refractivity contribution < 1.29 is 4.40 Å². The smallest absolute Gasteiger partial charge is 0.166 e. The van der Waals surface area contributed by atoms with E-state index < -0.39 is 0 Å². The van der Waals surface area contributed by atoms with Crippen LogP contribution in [0.1, 0.15) is 11.1 Å². The molecule has 0 fully saturated rings. The molecular weight excluding hydrogens is 194 g/mol. The Kier molecular flexibility index (Phi) is 1.93. The van der Waals surface area contributed by atoms with Crippen molar-refractivity contribution in [3.63, 3.8) is 0 Å². The molecule has 1 nitrogen and oxygen atoms in total. The third kappa shape index (κ3) is 1.28. The standard InChI is InChI=1S/C15H14N/c1-11-6-7-13-10-16-8-4-3-5-15(16)12(2)14(13)9-11/h3-10H,1-2H3/q+1. The summed E-state index contributed by atoms with van der Waals surface area (Å²) in [6, 6.07) is 12.9. The second kappa shape index (κ2) is 3.31. The summed E-state index contributed by atoms with van der Waals surface area (Å²) in [4.78, 5) is 0. The largest absolute Gasteiger partial charge is 0.214 e. The molecule has 0 atom stereocenters. The van der Waals surface area contributed by atoms with E-state index in [9.17, 15) is 0 Å². The van der Waals surface area contributed by atoms with Crippen molar-refractivity contribution in [1.82, 2.24) is 0 Å². The van der Waals surface area contributed by atoms with E-state index in [1.807, 2.05) is 0 Å². The van der Waals surface area contributed by atoms with E-state index in [-0.39, 0.29) is 0 Å². The zero-order valence-corrected chi connectivity index (χ0v) is 9.57. The molecule has 1 heteroatoms. The fourth-order valence-electron chi connectivity index (χ4n) is 2.28. The van der Waals surface area contributed by atoms with Crippen molar-refractivity contribution in [2.24, 2.45) is 0 Å². The number of nitrogens with zero attached hydrogens (tertiary/aromatic N) is 1. The lowest BCUT2D eigenvalue weighted by Crippen LogP contribution is -2.21. The number of hydrogen-bond donors (Lipinski definition) is 0. The van der Waals surface area contributed by atoms with Crippen LogP contribution in [0.3, 0.4) is 0 Å². The van der Waals surface area contributed by atoms with Crippen LogP contribution < -0.4 is 4.40 Å². The number of benzene rings is 1. The first kappa shape index (κ1) is 9.34. The Morgan fingerprint density at radius 1 is 1.00 bits per heavy atom. The van der Waals surface area contributed by atoms with E-state index >= 15 is 0 Å². The predicted molar refractivity (Wildman–Crippen MR) is 66.6 cm³/mol. The van der Waals surface area contributed by atoms with Crippen LogP contribution in [0.2, 0.25) is 0 Å². The fraction of sp³-hybridized carbons (Fsp3) is 0.133. The van der Waals surface area contributed by atoms with Crippen LogP contribution >= 0.6 is 0 Å². The zero-order valence-electron chi connectivity index (χ0n) is 9.57. The van der Waals surface area contributed by atoms with E-state index in [0.29, 0.717) is 0 Å². The van der Waals surface area contributed by atoms with E-state index in [4.69, 9.17) is 0 Å². The summed E-state index contributed by atoms with van der Waals surface area (Å²) in [5.74, 6) is 0. The highest BCUT2D eigenvalue weighted by molar-refractivity contribution is 5.88. The summed E-state index contributed by atoms with van der Waals surface area (Å²) in [5, 5.41) is 2.65. The molecule has 1 aromatic carbocycles. The maximum Gasteiger partial charge on any atom is 0.214 e. The molecule has 0 saturated carbocycles. The van der Waals surface area contributed by atoms with Gasteiger partial charge in [0.15, 0.2) is 12.4 Å². The summed E-state index contributed by atoms with van der Waals surface area (Å²) in [7, 11) is 0. The molecule has 2 aromatic heterocycles. The van der Waals surface area contributed by atoms with Gasteiger partial charge in [0, 0.05) is 23.1 Å². The Hall–Kier alpha value is -1.89. The second-order valence-corrected chi connectivity index (χ2v) is 4.34. The highest BCUT2D eigenvalue weighted by Gasteiger charge is 2.09. The second-order valence-electron chi connectivity index (χ2n) is 4.34. The Labute approximate surface area is 95.0 Å². The van der Waals surface area contributed by atoms with Crippen molar-refractivity contribution in [3.05, 3.63) is 59.9 Å². The minimum Gasteiger partial charge on any atom is -0.166 e. The van der Waals surface area contributed by atoms with Crippen LogP contribution in [0.15, 0.2) is 48.8 Å². The van der Waals surface area contributed by atoms with Gasteiger partial charge in [0.2, 0.25) is 5.52 Å². The predicted octanol–water partition coefficient (Wildman–Crippen LogP) is 3.20. The lowest BCUT2D eigenvalue weighted by Gasteiger charge is -2.02. The summed E-state index contributed by atoms with van der Waals surface area (Å²) in [5.41, 5.74) is 3.94. The first-order chi connectivity index (χ1) is 7.75. The summed E-state index contributed by atoms with van der Waals surface area (Å²) >= 11 is 0. The molecule has 0 aliphatic heterocycles. The van der Waals surface area contributed by atoms with Gasteiger partial charge in [0.25, 0.3) is 0 Å². The van der Waals surface area contributed by atoms with Gasteiger partial charge in [-0.15, -0.1) is 0 Å². The average Bonchev–Trinajstić information content (AvgIpc) is 2.31. The van der Waals surface area contributed by atoms with Crippen LogP contribution in [0.5, 0.6) is 0 Å². The molecular formula is C15H14N+. The van der Waals surface area contributed by atoms with Gasteiger partial charge in [0.1, 0.15) is 0 Å². The Bertz CT molecular complexity index is 683. The maximum atomic E-state index is 2.26. The molecule has 78 valence electrons. The quantitative estimate of drug-likeness (QED) is 0.394. The molecule has 2 heterocycles. The van der Waals surface area contributed by atoms with Crippen LogP contribution in [-0.4, -0.2) is 0 Å². The third-order valence-electron chi connectivity index (χ3n) is 3.17. The number of rotatable bonds is 0. The first-order valence-corrected chi connectivity index (χ1v) is 5.56. The molecule has 0 aliphatic carbocycles. The molecule has 3 rings (SSSR count). The molecule has 0 spiro atoms. The molecule has 0 N–H and O–H groups in total. The van der Waals surface area contributed by atoms with Gasteiger partial charge in [0.05, 0.1) is 0 Å².